The minimum absolute atomic E-state index is 0. The Balaban J connectivity index is 0.000000254. The molecular formula is C92H85Ag2I2Ir2K3N14O4-6. The van der Waals surface area contributed by atoms with Crippen molar-refractivity contribution >= 4 is 180 Å². The van der Waals surface area contributed by atoms with E-state index in [1.807, 2.05) is 181 Å². The van der Waals surface area contributed by atoms with Gasteiger partial charge in [-0.25, -0.2) is 19.5 Å². The number of benzene rings is 10. The van der Waals surface area contributed by atoms with E-state index in [0.29, 0.717) is 0 Å². The standard InChI is InChI=1S/C17H13N4.C17H12N4.2C16H14N2O.C16H13N2O.C8H12.2CH3.2Ag.2HI.2Ir.3K.O.H/c2*1-3-7-14(8-4-1)20-13-21(15-9-5-2-6-10-15)17-16(20)18-11-12-19-17;3*1-17-9-10-18(11-17)14-7-4-6-13-12-5-2-3-8-15(12)19-16(13)14;1-2-4-6-8-7-5-3-1;;;;;;;;;;;;;/h1-13H;1-9,11-13H;2*2-11,17H,1H3;2-6,8-11,17H,1H3;1-2,7-8H,3-6H2;2*1H3;;;2*1H;;;;;;;/q+1;-2;;;-1;;2*-1;;;;;;;;;+1;;-1/p-2/b;;;;;2-1-,8-7?;;;;;;;;;;;;;. The van der Waals surface area contributed by atoms with Crippen molar-refractivity contribution in [3.05, 3.63) is 383 Å². The van der Waals surface area contributed by atoms with Crippen molar-refractivity contribution in [1.82, 2.24) is 24.5 Å². The summed E-state index contributed by atoms with van der Waals surface area (Å²) < 4.78 is 30.2. The number of halogens is 2. The molecule has 10 heterocycles. The number of fused-ring (bicyclic) bond motifs is 11. The van der Waals surface area contributed by atoms with Crippen molar-refractivity contribution < 1.29 is 220 Å². The molecule has 0 saturated carbocycles. The normalized spacial score (nSPS) is 15.0. The molecule has 6 aromatic heterocycles. The summed E-state index contributed by atoms with van der Waals surface area (Å²) in [7, 11) is 6.26. The molecule has 1 aliphatic carbocycles. The molecule has 3 radical (unpaired) electrons. The second-order valence-electron chi connectivity index (χ2n) is 25.9. The van der Waals surface area contributed by atoms with E-state index in [0.717, 1.165) is 107 Å². The molecule has 119 heavy (non-hydrogen) atoms. The Morgan fingerprint density at radius 2 is 0.849 bits per heavy atom. The number of para-hydroxylation sites is 9. The number of rotatable bonds is 7. The van der Waals surface area contributed by atoms with Gasteiger partial charge in [0, 0.05) is 153 Å². The van der Waals surface area contributed by atoms with Gasteiger partial charge in [0.25, 0.3) is 5.65 Å². The summed E-state index contributed by atoms with van der Waals surface area (Å²) in [6, 6.07) is 85.8. The summed E-state index contributed by atoms with van der Waals surface area (Å²) in [6.45, 7) is 8.30. The van der Waals surface area contributed by atoms with Crippen LogP contribution in [0.3, 0.4) is 0 Å². The zero-order valence-electron chi connectivity index (χ0n) is 67.9. The van der Waals surface area contributed by atoms with E-state index >= 15 is 0 Å². The first-order chi connectivity index (χ1) is 54.8. The minimum Gasteiger partial charge on any atom is -0.477 e. The number of furan rings is 3. The second-order valence-corrected chi connectivity index (χ2v) is 25.9. The molecular weight excluding hydrogens is 2340 g/mol. The van der Waals surface area contributed by atoms with Crippen LogP contribution < -0.4 is 143 Å². The number of anilines is 7. The molecule has 16 aromatic rings. The van der Waals surface area contributed by atoms with Crippen LogP contribution in [0.1, 0.15) is 27.1 Å². The predicted octanol–water partition coefficient (Wildman–Crippen LogP) is 7.52. The molecule has 3 N–H and O–H groups in total. The van der Waals surface area contributed by atoms with Crippen molar-refractivity contribution in [1.29, 1.82) is 0 Å². The Bertz CT molecular complexity index is 5480. The first kappa shape index (κ1) is 104. The third kappa shape index (κ3) is 25.6. The molecule has 0 saturated heterocycles. The molecule has 21 rings (SSSR count). The summed E-state index contributed by atoms with van der Waals surface area (Å²) in [6.07, 6.45) is 35.3. The topological polar surface area (TPSA) is 146 Å². The predicted molar refractivity (Wildman–Crippen MR) is 454 cm³/mol. The summed E-state index contributed by atoms with van der Waals surface area (Å²) in [5, 5.41) is 6.96. The number of nitrogens with one attached hydrogen (secondary N) is 3. The number of hydrogen-bond donors (Lipinski definition) is 3. The van der Waals surface area contributed by atoms with Crippen LogP contribution in [0.25, 0.3) is 88.5 Å². The van der Waals surface area contributed by atoms with Crippen molar-refractivity contribution in [2.45, 2.75) is 25.7 Å². The zero-order chi connectivity index (χ0) is 76.3. The number of quaternary nitrogens is 3. The monoisotopic (exact) mass is 2420 g/mol. The van der Waals surface area contributed by atoms with Crippen molar-refractivity contribution in [3.8, 4) is 11.4 Å². The Morgan fingerprint density at radius 1 is 0.445 bits per heavy atom. The van der Waals surface area contributed by atoms with Gasteiger partial charge in [-0.3, -0.25) is 0 Å². The van der Waals surface area contributed by atoms with E-state index < -0.39 is 0 Å². The van der Waals surface area contributed by atoms with E-state index in [9.17, 15) is 0 Å². The largest absolute Gasteiger partial charge is 0.477 e. The molecule has 10 aromatic carbocycles. The van der Waals surface area contributed by atoms with Crippen LogP contribution in [0.2, 0.25) is 0 Å². The third-order valence-electron chi connectivity index (χ3n) is 18.5. The van der Waals surface area contributed by atoms with Gasteiger partial charge in [-0.15, -0.1) is 17.3 Å². The van der Waals surface area contributed by atoms with E-state index in [-0.39, 0.29) is 178 Å². The molecule has 27 heteroatoms. The van der Waals surface area contributed by atoms with Gasteiger partial charge in [0.1, 0.15) is 46.0 Å². The van der Waals surface area contributed by atoms with Gasteiger partial charge in [-0.2, -0.15) is 53.1 Å². The van der Waals surface area contributed by atoms with Crippen LogP contribution >= 0.6 is 0 Å². The number of allylic oxidation sites excluding steroid dienone is 4. The number of aromatic nitrogens is 6. The Kier molecular flexibility index (Phi) is 45.8. The molecule has 4 aliphatic heterocycles. The summed E-state index contributed by atoms with van der Waals surface area (Å²) >= 11 is 4.20. The van der Waals surface area contributed by atoms with Crippen molar-refractivity contribution in [2.24, 2.45) is 0 Å². The summed E-state index contributed by atoms with van der Waals surface area (Å²) in [5.74, 6) is 1.63. The van der Waals surface area contributed by atoms with Crippen LogP contribution in [0, 0.1) is 53.7 Å². The van der Waals surface area contributed by atoms with Crippen LogP contribution in [-0.4, -0.2) is 109 Å². The van der Waals surface area contributed by atoms with Crippen LogP contribution in [0.4, 0.5) is 40.1 Å². The van der Waals surface area contributed by atoms with Gasteiger partial charge in [-0.1, -0.05) is 169 Å². The maximum atomic E-state index is 8.06. The quantitative estimate of drug-likeness (QED) is 0.0476. The SMILES string of the molecule is C1=CCC/C=C\CC1.C[NH+]1C=CN(c2[c-]ccc3c2oc2ccccc23)[CH-]1.C[NH+]1C=CN(c2cccc3c2oc2ccccc23)[CH-]1.C[NH+]1C=CN(c2cccc3c2oc2ccccc23)[CH-]1.[Ag].[CH3-].[CH3-].[H-].[I-].[I-].[Ir].[Ir].[K+].[K][K].[O]=[Ag].[c-]1ccccc1N1[CH-]N(c2ccccc2)c2nccnc21.c1ccc(-n2c[n+](-c3ccccc3)c3nccnc32)cc1. The van der Waals surface area contributed by atoms with Crippen molar-refractivity contribution in [3.63, 3.8) is 0 Å². The van der Waals surface area contributed by atoms with Gasteiger partial charge in [0.05, 0.1) is 36.2 Å². The molecule has 18 nitrogen and oxygen atoms in total. The second kappa shape index (κ2) is 52.6. The first-order valence-electron chi connectivity index (χ1n) is 37.0. The number of hydrogen-bond acceptors (Lipinski definition) is 13. The van der Waals surface area contributed by atoms with E-state index in [2.05, 4.69) is 237 Å². The average Bonchev–Trinajstić information content (AvgIpc) is 1.61. The van der Waals surface area contributed by atoms with Crippen molar-refractivity contribution in [2.75, 3.05) is 45.6 Å². The first-order valence-corrected chi connectivity index (χ1v) is 53.6. The molecule has 0 spiro atoms. The van der Waals surface area contributed by atoms with Crippen LogP contribution in [0.15, 0.2) is 342 Å². The molecule has 3 atom stereocenters. The van der Waals surface area contributed by atoms with Gasteiger partial charge in [0.15, 0.2) is 11.2 Å². The van der Waals surface area contributed by atoms with E-state index in [4.69, 9.17) is 16.5 Å². The fourth-order valence-corrected chi connectivity index (χ4v) is 13.4. The molecule has 0 amide bonds. The number of imidazole rings is 1. The van der Waals surface area contributed by atoms with Gasteiger partial charge in [-0.05, 0) is 112 Å². The Morgan fingerprint density at radius 3 is 1.32 bits per heavy atom. The summed E-state index contributed by atoms with van der Waals surface area (Å²) in [5.41, 5.74) is 14.5. The minimum atomic E-state index is 0. The third-order valence-corrected chi connectivity index (χ3v) is 18.5. The molecule has 0 fully saturated rings. The summed E-state index contributed by atoms with van der Waals surface area (Å²) in [4.78, 5) is 31.9. The Hall–Kier alpha value is -4.24. The molecule has 5 aliphatic rings. The smallest absolute Gasteiger partial charge is 0.327 e. The average molecular weight is 2420 g/mol. The maximum absolute atomic E-state index is 8.06. The molecule has 0 bridgehead atoms. The van der Waals surface area contributed by atoms with Gasteiger partial charge in [0.2, 0.25) is 6.33 Å². The number of nitrogens with zero attached hydrogens (tertiary/aromatic N) is 11. The van der Waals surface area contributed by atoms with Gasteiger partial charge < -0.3 is 117 Å². The maximum Gasteiger partial charge on any atom is 0.327 e. The fourth-order valence-electron chi connectivity index (χ4n) is 13.4. The fraction of sp³-hybridized carbons (Fsp3) is 0.0761. The molecule has 610 valence electrons. The van der Waals surface area contributed by atoms with Crippen LogP contribution in [-0.2, 0) is 86.9 Å². The van der Waals surface area contributed by atoms with E-state index in [1.165, 1.54) is 125 Å². The van der Waals surface area contributed by atoms with E-state index in [1.54, 1.807) is 45.8 Å². The van der Waals surface area contributed by atoms with Gasteiger partial charge >= 0.3 is 144 Å². The zero-order valence-corrected chi connectivity index (χ0v) is 88.3. The molecule has 3 unspecified atom stereocenters. The van der Waals surface area contributed by atoms with Crippen LogP contribution in [0.5, 0.6) is 0 Å². The Labute approximate surface area is 875 Å².